The van der Waals surface area contributed by atoms with E-state index in [0.717, 1.165) is 50.1 Å². The Morgan fingerprint density at radius 2 is 2.00 bits per heavy atom. The number of likely N-dealkylation sites (tertiary alicyclic amines) is 1. The fourth-order valence-electron chi connectivity index (χ4n) is 3.97. The Kier molecular flexibility index (Phi) is 6.51. The number of nitrogens with one attached hydrogen (secondary N) is 2. The summed E-state index contributed by atoms with van der Waals surface area (Å²) in [5.41, 5.74) is 0. The molecule has 1 aromatic rings. The van der Waals surface area contributed by atoms with Gasteiger partial charge < -0.3 is 20.1 Å². The van der Waals surface area contributed by atoms with Crippen molar-refractivity contribution in [2.45, 2.75) is 72.0 Å². The lowest BCUT2D eigenvalue weighted by Crippen LogP contribution is -2.50. The molecule has 0 saturated carbocycles. The van der Waals surface area contributed by atoms with Gasteiger partial charge in [0.1, 0.15) is 11.6 Å². The van der Waals surface area contributed by atoms with Crippen LogP contribution >= 0.6 is 0 Å². The number of aromatic nitrogens is 3. The van der Waals surface area contributed by atoms with Crippen molar-refractivity contribution in [1.29, 1.82) is 0 Å². The Morgan fingerprint density at radius 1 is 1.23 bits per heavy atom. The Labute approximate surface area is 157 Å². The van der Waals surface area contributed by atoms with Crippen LogP contribution in [0.4, 0.5) is 0 Å². The van der Waals surface area contributed by atoms with E-state index in [1.54, 1.807) is 0 Å². The van der Waals surface area contributed by atoms with Gasteiger partial charge in [-0.2, -0.15) is 0 Å². The molecule has 1 fully saturated rings. The second kappa shape index (κ2) is 8.84. The smallest absolute Gasteiger partial charge is 0.191 e. The number of piperidine rings is 1. The van der Waals surface area contributed by atoms with E-state index < -0.39 is 0 Å². The maximum atomic E-state index is 4.90. The summed E-state index contributed by atoms with van der Waals surface area (Å²) in [7, 11) is 0. The Balaban J connectivity index is 1.52. The summed E-state index contributed by atoms with van der Waals surface area (Å²) < 4.78 is 2.26. The molecule has 1 atom stereocenters. The van der Waals surface area contributed by atoms with E-state index in [-0.39, 0.29) is 0 Å². The first kappa shape index (κ1) is 19.1. The summed E-state index contributed by atoms with van der Waals surface area (Å²) in [4.78, 5) is 7.46. The summed E-state index contributed by atoms with van der Waals surface area (Å²) in [6.45, 7) is 13.8. The van der Waals surface area contributed by atoms with E-state index in [4.69, 9.17) is 4.99 Å². The highest BCUT2D eigenvalue weighted by molar-refractivity contribution is 5.80. The molecule has 0 radical (unpaired) electrons. The van der Waals surface area contributed by atoms with Crippen LogP contribution in [0.25, 0.3) is 0 Å². The number of aryl methyl sites for hydroxylation is 2. The van der Waals surface area contributed by atoms with Crippen molar-refractivity contribution in [2.75, 3.05) is 26.2 Å². The number of nitrogens with zero attached hydrogens (tertiary/aromatic N) is 5. The van der Waals surface area contributed by atoms with Crippen molar-refractivity contribution >= 4 is 5.96 Å². The lowest BCUT2D eigenvalue weighted by molar-refractivity contribution is 0.167. The van der Waals surface area contributed by atoms with Gasteiger partial charge in [0.15, 0.2) is 5.96 Å². The Morgan fingerprint density at radius 3 is 2.69 bits per heavy atom. The lowest BCUT2D eigenvalue weighted by atomic mass is 9.99. The summed E-state index contributed by atoms with van der Waals surface area (Å²) in [6, 6.07) is 1.18. The monoisotopic (exact) mass is 361 g/mol. The zero-order chi connectivity index (χ0) is 18.5. The summed E-state index contributed by atoms with van der Waals surface area (Å²) in [5.74, 6) is 3.69. The molecular weight excluding hydrogens is 326 g/mol. The molecule has 146 valence electrons. The number of aliphatic imine (C=N–C) groups is 1. The zero-order valence-electron chi connectivity index (χ0n) is 16.8. The van der Waals surface area contributed by atoms with Gasteiger partial charge in [0, 0.05) is 51.2 Å². The SMILES string of the molecule is CCNC(=NCC1CCc2nnc(C)n2C1)NC1CCN(C(C)C)CC1. The van der Waals surface area contributed by atoms with Crippen LogP contribution in [0.2, 0.25) is 0 Å². The van der Waals surface area contributed by atoms with Crippen LogP contribution < -0.4 is 10.6 Å². The van der Waals surface area contributed by atoms with Gasteiger partial charge in [-0.05, 0) is 52.9 Å². The molecule has 3 rings (SSSR count). The van der Waals surface area contributed by atoms with Crippen LogP contribution in [-0.4, -0.2) is 63.9 Å². The van der Waals surface area contributed by atoms with Crippen molar-refractivity contribution in [3.05, 3.63) is 11.6 Å². The van der Waals surface area contributed by atoms with Gasteiger partial charge >= 0.3 is 0 Å². The molecule has 1 aromatic heterocycles. The number of guanidine groups is 1. The number of fused-ring (bicyclic) bond motifs is 1. The third kappa shape index (κ3) is 4.75. The van der Waals surface area contributed by atoms with Gasteiger partial charge in [0.05, 0.1) is 0 Å². The highest BCUT2D eigenvalue weighted by Crippen LogP contribution is 2.20. The maximum absolute atomic E-state index is 4.90. The minimum Gasteiger partial charge on any atom is -0.357 e. The van der Waals surface area contributed by atoms with Gasteiger partial charge in [-0.25, -0.2) is 0 Å². The quantitative estimate of drug-likeness (QED) is 0.615. The Hall–Kier alpha value is -1.63. The van der Waals surface area contributed by atoms with Crippen molar-refractivity contribution < 1.29 is 0 Å². The normalized spacial score (nSPS) is 22.5. The number of hydrogen-bond acceptors (Lipinski definition) is 4. The van der Waals surface area contributed by atoms with Gasteiger partial charge in [0.2, 0.25) is 0 Å². The molecule has 3 heterocycles. The molecular formula is C19H35N7. The van der Waals surface area contributed by atoms with Crippen molar-refractivity contribution in [1.82, 2.24) is 30.3 Å². The second-order valence-electron chi connectivity index (χ2n) is 7.95. The molecule has 7 heteroatoms. The van der Waals surface area contributed by atoms with Crippen LogP contribution in [0.5, 0.6) is 0 Å². The van der Waals surface area contributed by atoms with Gasteiger partial charge in [-0.3, -0.25) is 4.99 Å². The molecule has 2 N–H and O–H groups in total. The first-order valence-corrected chi connectivity index (χ1v) is 10.2. The largest absolute Gasteiger partial charge is 0.357 e. The molecule has 0 spiro atoms. The fourth-order valence-corrected chi connectivity index (χ4v) is 3.97. The third-order valence-electron chi connectivity index (χ3n) is 5.68. The predicted octanol–water partition coefficient (Wildman–Crippen LogP) is 1.58. The molecule has 26 heavy (non-hydrogen) atoms. The molecule has 0 amide bonds. The van der Waals surface area contributed by atoms with Gasteiger partial charge in [-0.1, -0.05) is 0 Å². The maximum Gasteiger partial charge on any atom is 0.191 e. The molecule has 7 nitrogen and oxygen atoms in total. The standard InChI is InChI=1S/C19H35N7/c1-5-20-19(22-17-8-10-25(11-9-17)14(2)3)21-12-16-6-7-18-24-23-15(4)26(18)13-16/h14,16-17H,5-13H2,1-4H3,(H2,20,21,22). The van der Waals surface area contributed by atoms with Gasteiger partial charge in [0.25, 0.3) is 0 Å². The minimum atomic E-state index is 0.529. The minimum absolute atomic E-state index is 0.529. The number of rotatable bonds is 5. The average Bonchev–Trinajstić information content (AvgIpc) is 3.01. The van der Waals surface area contributed by atoms with Crippen LogP contribution in [-0.2, 0) is 13.0 Å². The van der Waals surface area contributed by atoms with Crippen molar-refractivity contribution in [2.24, 2.45) is 10.9 Å². The number of hydrogen-bond donors (Lipinski definition) is 2. The van der Waals surface area contributed by atoms with Gasteiger partial charge in [-0.15, -0.1) is 10.2 Å². The molecule has 1 unspecified atom stereocenters. The van der Waals surface area contributed by atoms with E-state index in [2.05, 4.69) is 51.1 Å². The van der Waals surface area contributed by atoms with E-state index in [9.17, 15) is 0 Å². The Bertz CT molecular complexity index is 599. The van der Waals surface area contributed by atoms with Crippen LogP contribution in [0, 0.1) is 12.8 Å². The molecule has 0 aromatic carbocycles. The second-order valence-corrected chi connectivity index (χ2v) is 7.95. The highest BCUT2D eigenvalue weighted by atomic mass is 15.3. The van der Waals surface area contributed by atoms with Crippen molar-refractivity contribution in [3.63, 3.8) is 0 Å². The summed E-state index contributed by atoms with van der Waals surface area (Å²) >= 11 is 0. The molecule has 2 aliphatic rings. The third-order valence-corrected chi connectivity index (χ3v) is 5.68. The van der Waals surface area contributed by atoms with E-state index in [1.165, 1.54) is 25.9 Å². The van der Waals surface area contributed by atoms with E-state index in [0.29, 0.717) is 18.0 Å². The fraction of sp³-hybridized carbons (Fsp3) is 0.842. The van der Waals surface area contributed by atoms with E-state index >= 15 is 0 Å². The molecule has 2 aliphatic heterocycles. The lowest BCUT2D eigenvalue weighted by Gasteiger charge is -2.35. The molecule has 0 bridgehead atoms. The van der Waals surface area contributed by atoms with E-state index in [1.807, 2.05) is 6.92 Å². The van der Waals surface area contributed by atoms with Crippen LogP contribution in [0.3, 0.4) is 0 Å². The van der Waals surface area contributed by atoms with Crippen molar-refractivity contribution in [3.8, 4) is 0 Å². The zero-order valence-corrected chi connectivity index (χ0v) is 16.8. The highest BCUT2D eigenvalue weighted by Gasteiger charge is 2.23. The topological polar surface area (TPSA) is 70.4 Å². The molecule has 1 saturated heterocycles. The average molecular weight is 362 g/mol. The first-order valence-electron chi connectivity index (χ1n) is 10.2. The summed E-state index contributed by atoms with van der Waals surface area (Å²) in [6.07, 6.45) is 4.54. The molecule has 0 aliphatic carbocycles. The predicted molar refractivity (Wildman–Crippen MR) is 105 cm³/mol. The van der Waals surface area contributed by atoms with Crippen LogP contribution in [0.15, 0.2) is 4.99 Å². The first-order chi connectivity index (χ1) is 12.6. The summed E-state index contributed by atoms with van der Waals surface area (Å²) in [5, 5.41) is 15.5. The van der Waals surface area contributed by atoms with Crippen LogP contribution in [0.1, 0.15) is 51.7 Å².